The van der Waals surface area contributed by atoms with Gasteiger partial charge >= 0.3 is 0 Å². The van der Waals surface area contributed by atoms with E-state index in [9.17, 15) is 4.79 Å². The average Bonchev–Trinajstić information content (AvgIpc) is 2.98. The molecule has 0 radical (unpaired) electrons. The van der Waals surface area contributed by atoms with E-state index in [-0.39, 0.29) is 12.5 Å². The Bertz CT molecular complexity index is 877. The van der Waals surface area contributed by atoms with Crippen molar-refractivity contribution in [2.45, 2.75) is 20.0 Å². The van der Waals surface area contributed by atoms with E-state index in [1.165, 1.54) is 0 Å². The Hall–Kier alpha value is -2.35. The van der Waals surface area contributed by atoms with Crippen LogP contribution in [0.3, 0.4) is 0 Å². The lowest BCUT2D eigenvalue weighted by Crippen LogP contribution is -2.39. The van der Waals surface area contributed by atoms with Gasteiger partial charge in [-0.1, -0.05) is 30.7 Å². The second-order valence-electron chi connectivity index (χ2n) is 7.92. The van der Waals surface area contributed by atoms with Crippen LogP contribution in [0.2, 0.25) is 5.02 Å². The number of pyridine rings is 1. The Morgan fingerprint density at radius 3 is 2.84 bits per heavy atom. The lowest BCUT2D eigenvalue weighted by atomic mass is 10.1. The van der Waals surface area contributed by atoms with Crippen LogP contribution in [0.1, 0.15) is 18.2 Å². The first-order valence-corrected chi connectivity index (χ1v) is 11.1. The molecule has 8 heteroatoms. The van der Waals surface area contributed by atoms with E-state index in [4.69, 9.17) is 16.3 Å². The molecule has 0 atom stereocenters. The van der Waals surface area contributed by atoms with Crippen LogP contribution in [-0.2, 0) is 17.9 Å². The predicted octanol–water partition coefficient (Wildman–Crippen LogP) is 2.95. The summed E-state index contributed by atoms with van der Waals surface area (Å²) in [7, 11) is 3.98. The van der Waals surface area contributed by atoms with Crippen molar-refractivity contribution < 1.29 is 9.53 Å². The number of carbonyl (C=O) groups excluding carboxylic acids is 1. The third-order valence-corrected chi connectivity index (χ3v) is 5.71. The van der Waals surface area contributed by atoms with Crippen molar-refractivity contribution in [3.63, 3.8) is 0 Å². The van der Waals surface area contributed by atoms with E-state index in [0.717, 1.165) is 43.2 Å². The zero-order valence-corrected chi connectivity index (χ0v) is 19.4. The maximum absolute atomic E-state index is 13.1. The topological polar surface area (TPSA) is 60.9 Å². The number of amides is 1. The number of ether oxygens (including phenoxy) is 1. The van der Waals surface area contributed by atoms with Gasteiger partial charge in [0.15, 0.2) is 0 Å². The number of para-hydroxylation sites is 1. The molecule has 0 aliphatic carbocycles. The molecule has 1 aromatic heterocycles. The van der Waals surface area contributed by atoms with Crippen LogP contribution >= 0.6 is 11.6 Å². The van der Waals surface area contributed by atoms with Gasteiger partial charge in [0.25, 0.3) is 0 Å². The first kappa shape index (κ1) is 23.3. The van der Waals surface area contributed by atoms with Gasteiger partial charge in [-0.15, -0.1) is 0 Å². The number of nitrogens with one attached hydrogen (secondary N) is 1. The molecule has 3 rings (SSSR count). The summed E-state index contributed by atoms with van der Waals surface area (Å²) < 4.78 is 6.03. The minimum absolute atomic E-state index is 0.00928. The molecular weight excluding hydrogens is 414 g/mol. The molecule has 1 aliphatic rings. The monoisotopic (exact) mass is 445 g/mol. The first-order chi connectivity index (χ1) is 15.0. The lowest BCUT2D eigenvalue weighted by Gasteiger charge is -2.25. The quantitative estimate of drug-likeness (QED) is 0.640. The summed E-state index contributed by atoms with van der Waals surface area (Å²) in [5.74, 6) is 0.837. The fourth-order valence-corrected chi connectivity index (χ4v) is 3.68. The highest BCUT2D eigenvalue weighted by Gasteiger charge is 2.20. The number of fused-ring (bicyclic) bond motifs is 1. The zero-order valence-electron chi connectivity index (χ0n) is 18.6. The number of nitrogens with zero attached hydrogens (tertiary/aromatic N) is 4. The Morgan fingerprint density at radius 2 is 2.10 bits per heavy atom. The van der Waals surface area contributed by atoms with Gasteiger partial charge in [-0.25, -0.2) is 0 Å². The molecule has 1 N–H and O–H groups in total. The van der Waals surface area contributed by atoms with E-state index in [1.54, 1.807) is 23.2 Å². The van der Waals surface area contributed by atoms with Crippen LogP contribution in [0.15, 0.2) is 36.5 Å². The summed E-state index contributed by atoms with van der Waals surface area (Å²) in [4.78, 5) is 23.6. The molecule has 1 amide bonds. The van der Waals surface area contributed by atoms with Gasteiger partial charge < -0.3 is 19.9 Å². The van der Waals surface area contributed by atoms with Gasteiger partial charge in [0, 0.05) is 37.9 Å². The van der Waals surface area contributed by atoms with Gasteiger partial charge in [-0.05, 0) is 38.8 Å². The highest BCUT2D eigenvalue weighted by atomic mass is 35.5. The number of likely N-dealkylation sites (N-methyl/N-ethyl adjacent to an activating group) is 2. The van der Waals surface area contributed by atoms with E-state index < -0.39 is 0 Å². The van der Waals surface area contributed by atoms with Gasteiger partial charge in [0.05, 0.1) is 29.5 Å². The van der Waals surface area contributed by atoms with Crippen molar-refractivity contribution in [1.82, 2.24) is 19.7 Å². The number of aromatic nitrogens is 1. The Labute approximate surface area is 189 Å². The number of anilines is 1. The minimum Gasteiger partial charge on any atom is -0.490 e. The van der Waals surface area contributed by atoms with Crippen LogP contribution < -0.4 is 10.1 Å². The van der Waals surface area contributed by atoms with Crippen LogP contribution in [0.5, 0.6) is 5.75 Å². The van der Waals surface area contributed by atoms with Crippen molar-refractivity contribution in [3.05, 3.63) is 52.8 Å². The third kappa shape index (κ3) is 6.56. The van der Waals surface area contributed by atoms with Gasteiger partial charge in [0.1, 0.15) is 12.4 Å². The highest BCUT2D eigenvalue weighted by Crippen LogP contribution is 2.31. The van der Waals surface area contributed by atoms with Crippen LogP contribution in [0, 0.1) is 0 Å². The molecule has 2 heterocycles. The van der Waals surface area contributed by atoms with E-state index in [0.29, 0.717) is 30.4 Å². The average molecular weight is 446 g/mol. The summed E-state index contributed by atoms with van der Waals surface area (Å²) in [6, 6.07) is 9.65. The van der Waals surface area contributed by atoms with Crippen LogP contribution in [0.4, 0.5) is 5.69 Å². The van der Waals surface area contributed by atoms with Gasteiger partial charge in [0.2, 0.25) is 5.91 Å². The normalized spacial score (nSPS) is 14.0. The number of rotatable bonds is 9. The lowest BCUT2D eigenvalue weighted by molar-refractivity contribution is -0.130. The molecule has 31 heavy (non-hydrogen) atoms. The first-order valence-electron chi connectivity index (χ1n) is 10.7. The number of halogens is 1. The van der Waals surface area contributed by atoms with Gasteiger partial charge in [-0.2, -0.15) is 0 Å². The van der Waals surface area contributed by atoms with E-state index >= 15 is 0 Å². The van der Waals surface area contributed by atoms with Crippen molar-refractivity contribution >= 4 is 23.2 Å². The molecular formula is C23H32ClN5O2. The molecule has 1 aliphatic heterocycles. The zero-order chi connectivity index (χ0) is 22.2. The highest BCUT2D eigenvalue weighted by molar-refractivity contribution is 6.31. The summed E-state index contributed by atoms with van der Waals surface area (Å²) in [6.07, 6.45) is 1.70. The van der Waals surface area contributed by atoms with Crippen LogP contribution in [-0.4, -0.2) is 79.0 Å². The molecule has 0 fully saturated rings. The molecule has 168 valence electrons. The Morgan fingerprint density at radius 1 is 1.26 bits per heavy atom. The maximum Gasteiger partial charge on any atom is 0.242 e. The maximum atomic E-state index is 13.1. The summed E-state index contributed by atoms with van der Waals surface area (Å²) in [5.41, 5.74) is 2.70. The predicted molar refractivity (Wildman–Crippen MR) is 125 cm³/mol. The van der Waals surface area contributed by atoms with Crippen molar-refractivity contribution in [2.75, 3.05) is 58.7 Å². The van der Waals surface area contributed by atoms with Crippen molar-refractivity contribution in [1.29, 1.82) is 0 Å². The summed E-state index contributed by atoms with van der Waals surface area (Å²) >= 11 is 6.28. The molecule has 0 spiro atoms. The molecule has 0 saturated heterocycles. The Kier molecular flexibility index (Phi) is 8.51. The molecule has 0 bridgehead atoms. The largest absolute Gasteiger partial charge is 0.490 e. The van der Waals surface area contributed by atoms with Crippen LogP contribution in [0.25, 0.3) is 0 Å². The van der Waals surface area contributed by atoms with E-state index in [2.05, 4.69) is 33.1 Å². The van der Waals surface area contributed by atoms with E-state index in [1.807, 2.05) is 26.2 Å². The smallest absolute Gasteiger partial charge is 0.242 e. The number of benzene rings is 1. The summed E-state index contributed by atoms with van der Waals surface area (Å²) in [6.45, 7) is 7.42. The third-order valence-electron chi connectivity index (χ3n) is 5.37. The number of hydrogen-bond donors (Lipinski definition) is 1. The fraction of sp³-hybridized carbons (Fsp3) is 0.478. The van der Waals surface area contributed by atoms with Crippen molar-refractivity contribution in [2.24, 2.45) is 0 Å². The van der Waals surface area contributed by atoms with Crippen molar-refractivity contribution in [3.8, 4) is 5.75 Å². The molecule has 7 nitrogen and oxygen atoms in total. The summed E-state index contributed by atoms with van der Waals surface area (Å²) in [5, 5.41) is 3.87. The molecule has 2 aromatic rings. The molecule has 0 unspecified atom stereocenters. The second-order valence-corrected chi connectivity index (χ2v) is 8.32. The number of hydrogen-bond acceptors (Lipinski definition) is 6. The molecule has 0 saturated carbocycles. The standard InChI is InChI=1S/C23H32ClN5O2/c1-4-28-13-14-31-23-18(16-28)7-5-9-20(23)26-15-22(30)29(12-11-27(2)3)17-21-19(24)8-6-10-25-21/h5-10,26H,4,11-17H2,1-3H3. The van der Waals surface area contributed by atoms with Gasteiger partial charge in [-0.3, -0.25) is 14.7 Å². The number of carbonyl (C=O) groups is 1. The Balaban J connectivity index is 1.70. The minimum atomic E-state index is -0.00928. The molecule has 1 aromatic carbocycles. The second kappa shape index (κ2) is 11.3. The fourth-order valence-electron chi connectivity index (χ4n) is 3.50. The SMILES string of the molecule is CCN1CCOc2c(cccc2NCC(=O)N(CCN(C)C)Cc2ncccc2Cl)C1.